The van der Waals surface area contributed by atoms with Crippen LogP contribution in [-0.2, 0) is 6.54 Å². The van der Waals surface area contributed by atoms with Crippen LogP contribution in [0.4, 0.5) is 0 Å². The molecule has 0 saturated heterocycles. The summed E-state index contributed by atoms with van der Waals surface area (Å²) in [6, 6.07) is 13.0. The third kappa shape index (κ3) is 3.76. The number of amides is 1. The van der Waals surface area contributed by atoms with Crippen molar-refractivity contribution in [1.29, 1.82) is 0 Å². The Morgan fingerprint density at radius 2 is 2.00 bits per heavy atom. The summed E-state index contributed by atoms with van der Waals surface area (Å²) >= 11 is 5.96. The number of aromatic nitrogens is 3. The fourth-order valence-corrected chi connectivity index (χ4v) is 3.39. The SMILES string of the molecule is CC(C)n1ncc2c(C(=O)N(C)Cc3ccc(Cl)cc3)cc(-c3ccco3)nc21. The number of nitrogens with zero attached hydrogens (tertiary/aromatic N) is 4. The normalized spacial score (nSPS) is 11.3. The standard InChI is InChI=1S/C22H21ClN4O2/c1-14(2)27-21-18(12-24-27)17(11-19(25-21)20-5-4-10-29-20)22(28)26(3)13-15-6-8-16(23)9-7-15/h4-12,14H,13H2,1-3H3. The molecule has 0 saturated carbocycles. The van der Waals surface area contributed by atoms with Crippen molar-refractivity contribution in [3.8, 4) is 11.5 Å². The molecule has 0 aliphatic carbocycles. The lowest BCUT2D eigenvalue weighted by Gasteiger charge is -2.18. The Labute approximate surface area is 173 Å². The van der Waals surface area contributed by atoms with Crippen LogP contribution in [0.1, 0.15) is 35.8 Å². The second kappa shape index (κ2) is 7.72. The van der Waals surface area contributed by atoms with Crippen LogP contribution in [0.2, 0.25) is 5.02 Å². The molecule has 3 heterocycles. The summed E-state index contributed by atoms with van der Waals surface area (Å²) in [6.45, 7) is 4.53. The first-order valence-electron chi connectivity index (χ1n) is 9.36. The molecule has 0 spiro atoms. The lowest BCUT2D eigenvalue weighted by atomic mass is 10.1. The predicted molar refractivity (Wildman–Crippen MR) is 113 cm³/mol. The third-order valence-electron chi connectivity index (χ3n) is 4.74. The molecule has 3 aromatic heterocycles. The van der Waals surface area contributed by atoms with Crippen LogP contribution < -0.4 is 0 Å². The molecule has 0 fully saturated rings. The molecule has 0 aliphatic heterocycles. The number of hydrogen-bond donors (Lipinski definition) is 0. The minimum Gasteiger partial charge on any atom is -0.463 e. The monoisotopic (exact) mass is 408 g/mol. The van der Waals surface area contributed by atoms with Crippen LogP contribution in [-0.4, -0.2) is 32.6 Å². The number of pyridine rings is 1. The molecule has 4 aromatic rings. The van der Waals surface area contributed by atoms with Crippen molar-refractivity contribution in [2.24, 2.45) is 0 Å². The lowest BCUT2D eigenvalue weighted by Crippen LogP contribution is -2.26. The van der Waals surface area contributed by atoms with Gasteiger partial charge in [-0.15, -0.1) is 0 Å². The highest BCUT2D eigenvalue weighted by molar-refractivity contribution is 6.30. The molecule has 29 heavy (non-hydrogen) atoms. The number of benzene rings is 1. The van der Waals surface area contributed by atoms with Crippen LogP contribution in [0.25, 0.3) is 22.5 Å². The zero-order chi connectivity index (χ0) is 20.5. The van der Waals surface area contributed by atoms with Crippen LogP contribution >= 0.6 is 11.6 Å². The fourth-order valence-electron chi connectivity index (χ4n) is 3.26. The Morgan fingerprint density at radius 3 is 2.66 bits per heavy atom. The maximum Gasteiger partial charge on any atom is 0.254 e. The van der Waals surface area contributed by atoms with Gasteiger partial charge in [0.15, 0.2) is 11.4 Å². The Hall–Kier alpha value is -3.12. The van der Waals surface area contributed by atoms with Gasteiger partial charge in [-0.2, -0.15) is 5.10 Å². The molecule has 6 nitrogen and oxygen atoms in total. The molecule has 0 atom stereocenters. The number of furan rings is 1. The van der Waals surface area contributed by atoms with E-state index in [1.54, 1.807) is 36.5 Å². The molecular weight excluding hydrogens is 388 g/mol. The zero-order valence-corrected chi connectivity index (χ0v) is 17.2. The van der Waals surface area contributed by atoms with Gasteiger partial charge in [0.1, 0.15) is 5.69 Å². The number of fused-ring (bicyclic) bond motifs is 1. The van der Waals surface area contributed by atoms with E-state index < -0.39 is 0 Å². The Balaban J connectivity index is 1.76. The average molecular weight is 409 g/mol. The highest BCUT2D eigenvalue weighted by atomic mass is 35.5. The lowest BCUT2D eigenvalue weighted by molar-refractivity contribution is 0.0787. The molecule has 4 rings (SSSR count). The Morgan fingerprint density at radius 1 is 1.24 bits per heavy atom. The van der Waals surface area contributed by atoms with Crippen molar-refractivity contribution < 1.29 is 9.21 Å². The molecular formula is C22H21ClN4O2. The van der Waals surface area contributed by atoms with Gasteiger partial charge in [0.05, 0.1) is 23.4 Å². The van der Waals surface area contributed by atoms with E-state index in [1.807, 2.05) is 48.9 Å². The van der Waals surface area contributed by atoms with E-state index in [0.29, 0.717) is 34.2 Å². The minimum atomic E-state index is -0.108. The zero-order valence-electron chi connectivity index (χ0n) is 16.5. The molecule has 0 N–H and O–H groups in total. The first kappa shape index (κ1) is 19.2. The maximum atomic E-state index is 13.3. The van der Waals surface area contributed by atoms with E-state index in [4.69, 9.17) is 21.0 Å². The van der Waals surface area contributed by atoms with E-state index in [9.17, 15) is 4.79 Å². The molecule has 1 amide bonds. The van der Waals surface area contributed by atoms with E-state index in [2.05, 4.69) is 5.10 Å². The van der Waals surface area contributed by atoms with Crippen molar-refractivity contribution in [1.82, 2.24) is 19.7 Å². The van der Waals surface area contributed by atoms with Gasteiger partial charge in [0.2, 0.25) is 0 Å². The van der Waals surface area contributed by atoms with E-state index in [0.717, 1.165) is 10.9 Å². The van der Waals surface area contributed by atoms with Crippen molar-refractivity contribution >= 4 is 28.5 Å². The molecule has 0 bridgehead atoms. The van der Waals surface area contributed by atoms with Gasteiger partial charge in [-0.1, -0.05) is 23.7 Å². The van der Waals surface area contributed by atoms with Gasteiger partial charge in [0.25, 0.3) is 5.91 Å². The fraction of sp³-hybridized carbons (Fsp3) is 0.227. The van der Waals surface area contributed by atoms with Gasteiger partial charge in [-0.05, 0) is 49.7 Å². The highest BCUT2D eigenvalue weighted by Gasteiger charge is 2.21. The van der Waals surface area contributed by atoms with E-state index in [1.165, 1.54) is 0 Å². The van der Waals surface area contributed by atoms with Gasteiger partial charge in [0, 0.05) is 24.7 Å². The Bertz CT molecular complexity index is 1150. The van der Waals surface area contributed by atoms with E-state index >= 15 is 0 Å². The molecule has 1 aromatic carbocycles. The highest BCUT2D eigenvalue weighted by Crippen LogP contribution is 2.27. The summed E-state index contributed by atoms with van der Waals surface area (Å²) in [5.74, 6) is 0.501. The maximum absolute atomic E-state index is 13.3. The van der Waals surface area contributed by atoms with Gasteiger partial charge in [-0.25, -0.2) is 9.67 Å². The third-order valence-corrected chi connectivity index (χ3v) is 4.99. The first-order chi connectivity index (χ1) is 13.9. The largest absolute Gasteiger partial charge is 0.463 e. The number of carbonyl (C=O) groups excluding carboxylic acids is 1. The van der Waals surface area contributed by atoms with Gasteiger partial charge >= 0.3 is 0 Å². The number of hydrogen-bond acceptors (Lipinski definition) is 4. The summed E-state index contributed by atoms with van der Waals surface area (Å²) < 4.78 is 7.34. The van der Waals surface area contributed by atoms with Gasteiger partial charge in [-0.3, -0.25) is 4.79 Å². The molecule has 0 radical (unpaired) electrons. The van der Waals surface area contributed by atoms with Crippen molar-refractivity contribution in [3.05, 3.63) is 71.1 Å². The summed E-state index contributed by atoms with van der Waals surface area (Å²) in [5, 5.41) is 5.84. The van der Waals surface area contributed by atoms with Crippen molar-refractivity contribution in [3.63, 3.8) is 0 Å². The summed E-state index contributed by atoms with van der Waals surface area (Å²) in [7, 11) is 1.78. The van der Waals surface area contributed by atoms with Crippen LogP contribution in [0.15, 0.2) is 59.3 Å². The predicted octanol–water partition coefficient (Wildman–Crippen LogP) is 5.20. The van der Waals surface area contributed by atoms with Crippen LogP contribution in [0, 0.1) is 0 Å². The molecule has 0 aliphatic rings. The Kier molecular flexibility index (Phi) is 5.11. The first-order valence-corrected chi connectivity index (χ1v) is 9.74. The summed E-state index contributed by atoms with van der Waals surface area (Å²) in [6.07, 6.45) is 3.30. The average Bonchev–Trinajstić information content (AvgIpc) is 3.38. The summed E-state index contributed by atoms with van der Waals surface area (Å²) in [4.78, 5) is 19.7. The number of halogens is 1. The number of rotatable bonds is 5. The van der Waals surface area contributed by atoms with Crippen LogP contribution in [0.3, 0.4) is 0 Å². The summed E-state index contributed by atoms with van der Waals surface area (Å²) in [5.41, 5.74) is 2.81. The smallest absolute Gasteiger partial charge is 0.254 e. The number of carbonyl (C=O) groups is 1. The molecule has 148 valence electrons. The van der Waals surface area contributed by atoms with Crippen molar-refractivity contribution in [2.45, 2.75) is 26.4 Å². The quantitative estimate of drug-likeness (QED) is 0.455. The molecule has 7 heteroatoms. The van der Waals surface area contributed by atoms with Crippen molar-refractivity contribution in [2.75, 3.05) is 7.05 Å². The van der Waals surface area contributed by atoms with Gasteiger partial charge < -0.3 is 9.32 Å². The topological polar surface area (TPSA) is 64.2 Å². The van der Waals surface area contributed by atoms with E-state index in [-0.39, 0.29) is 11.9 Å². The van der Waals surface area contributed by atoms with Crippen LogP contribution in [0.5, 0.6) is 0 Å². The molecule has 0 unspecified atom stereocenters. The minimum absolute atomic E-state index is 0.108. The second-order valence-electron chi connectivity index (χ2n) is 7.24. The second-order valence-corrected chi connectivity index (χ2v) is 7.68.